The van der Waals surface area contributed by atoms with Crippen molar-refractivity contribution in [1.29, 1.82) is 0 Å². The first-order valence-corrected chi connectivity index (χ1v) is 14.3. The summed E-state index contributed by atoms with van der Waals surface area (Å²) in [6, 6.07) is 12.3. The van der Waals surface area contributed by atoms with Crippen LogP contribution in [0.3, 0.4) is 0 Å². The number of carboxylic acids is 1. The van der Waals surface area contributed by atoms with E-state index in [9.17, 15) is 27.9 Å². The summed E-state index contributed by atoms with van der Waals surface area (Å²) in [4.78, 5) is 26.8. The van der Waals surface area contributed by atoms with Crippen LogP contribution in [0.5, 0.6) is 5.75 Å². The summed E-state index contributed by atoms with van der Waals surface area (Å²) < 4.78 is 45.6. The van der Waals surface area contributed by atoms with Crippen LogP contribution in [0.1, 0.15) is 54.1 Å². The van der Waals surface area contributed by atoms with Crippen molar-refractivity contribution in [3.8, 4) is 29.9 Å². The molecule has 0 spiro atoms. The largest absolute Gasteiger partial charge is 0.490 e. The first kappa shape index (κ1) is 32.0. The monoisotopic (exact) mass is 602 g/mol. The van der Waals surface area contributed by atoms with Gasteiger partial charge >= 0.3 is 12.1 Å². The number of nitrogens with one attached hydrogen (secondary N) is 1. The quantitative estimate of drug-likeness (QED) is 0.239. The number of anilines is 1. The third-order valence-corrected chi connectivity index (χ3v) is 7.28. The second-order valence-corrected chi connectivity index (χ2v) is 10.5. The molecular formula is C35H33F3N2O4. The minimum absolute atomic E-state index is 0.0114. The number of aliphatic carboxylic acids is 1. The van der Waals surface area contributed by atoms with Gasteiger partial charge in [-0.15, -0.1) is 12.3 Å². The highest BCUT2D eigenvalue weighted by Crippen LogP contribution is 2.34. The van der Waals surface area contributed by atoms with Crippen LogP contribution in [0.2, 0.25) is 0 Å². The van der Waals surface area contributed by atoms with Crippen LogP contribution in [-0.4, -0.2) is 42.4 Å². The number of ether oxygens (including phenoxy) is 1. The first-order valence-electron chi connectivity index (χ1n) is 14.3. The van der Waals surface area contributed by atoms with Crippen LogP contribution < -0.4 is 15.0 Å². The Balaban J connectivity index is 1.42. The summed E-state index contributed by atoms with van der Waals surface area (Å²) >= 11 is 0. The highest BCUT2D eigenvalue weighted by Gasteiger charge is 2.32. The van der Waals surface area contributed by atoms with Crippen molar-refractivity contribution in [1.82, 2.24) is 5.32 Å². The predicted octanol–water partition coefficient (Wildman–Crippen LogP) is 6.54. The van der Waals surface area contributed by atoms with Gasteiger partial charge in [0.25, 0.3) is 5.91 Å². The van der Waals surface area contributed by atoms with E-state index in [1.807, 2.05) is 36.4 Å². The molecule has 44 heavy (non-hydrogen) atoms. The number of carbonyl (C=O) groups excluding carboxylic acids is 1. The second kappa shape index (κ2) is 14.5. The number of rotatable bonds is 10. The fourth-order valence-electron chi connectivity index (χ4n) is 4.95. The van der Waals surface area contributed by atoms with Crippen LogP contribution in [0.25, 0.3) is 5.57 Å². The molecule has 1 heterocycles. The molecule has 9 heteroatoms. The summed E-state index contributed by atoms with van der Waals surface area (Å²) in [5.74, 6) is 6.18. The third-order valence-electron chi connectivity index (χ3n) is 7.28. The van der Waals surface area contributed by atoms with E-state index in [0.29, 0.717) is 43.0 Å². The van der Waals surface area contributed by atoms with E-state index in [0.717, 1.165) is 22.9 Å². The fraction of sp³-hybridized carbons (Fsp3) is 0.314. The Morgan fingerprint density at radius 2 is 2.02 bits per heavy atom. The Morgan fingerprint density at radius 1 is 1.25 bits per heavy atom. The van der Waals surface area contributed by atoms with E-state index in [1.54, 1.807) is 31.2 Å². The molecule has 1 amide bonds. The van der Waals surface area contributed by atoms with Gasteiger partial charge in [0.1, 0.15) is 18.3 Å². The van der Waals surface area contributed by atoms with Gasteiger partial charge in [-0.2, -0.15) is 13.2 Å². The van der Waals surface area contributed by atoms with Crippen LogP contribution >= 0.6 is 0 Å². The van der Waals surface area contributed by atoms with Crippen molar-refractivity contribution < 1.29 is 32.6 Å². The predicted molar refractivity (Wildman–Crippen MR) is 164 cm³/mol. The van der Waals surface area contributed by atoms with Crippen molar-refractivity contribution in [2.45, 2.75) is 51.4 Å². The van der Waals surface area contributed by atoms with Crippen LogP contribution in [0.15, 0.2) is 72.3 Å². The summed E-state index contributed by atoms with van der Waals surface area (Å²) in [5, 5.41) is 12.4. The van der Waals surface area contributed by atoms with E-state index in [1.165, 1.54) is 0 Å². The molecule has 1 unspecified atom stereocenters. The highest BCUT2D eigenvalue weighted by molar-refractivity contribution is 5.95. The van der Waals surface area contributed by atoms with Gasteiger partial charge in [0.15, 0.2) is 0 Å². The maximum Gasteiger partial charge on any atom is 0.412 e. The normalized spacial score (nSPS) is 18.9. The summed E-state index contributed by atoms with van der Waals surface area (Å²) in [5.41, 5.74) is 2.88. The Bertz CT molecular complexity index is 1570. The maximum absolute atomic E-state index is 13.2. The minimum atomic E-state index is -4.47. The van der Waals surface area contributed by atoms with Crippen molar-refractivity contribution in [3.05, 3.63) is 89.0 Å². The van der Waals surface area contributed by atoms with Gasteiger partial charge in [-0.05, 0) is 54.7 Å². The van der Waals surface area contributed by atoms with E-state index in [4.69, 9.17) is 11.2 Å². The molecule has 0 saturated carbocycles. The molecule has 2 aliphatic rings. The maximum atomic E-state index is 13.2. The van der Waals surface area contributed by atoms with Gasteiger partial charge in [0.05, 0.1) is 12.2 Å². The van der Waals surface area contributed by atoms with E-state index >= 15 is 0 Å². The molecule has 2 aromatic carbocycles. The van der Waals surface area contributed by atoms with E-state index in [2.05, 4.69) is 28.0 Å². The topological polar surface area (TPSA) is 78.9 Å². The number of alkyl halides is 3. The average Bonchev–Trinajstić information content (AvgIpc) is 2.96. The zero-order valence-electron chi connectivity index (χ0n) is 24.3. The number of amides is 1. The number of hydrogen-bond acceptors (Lipinski definition) is 4. The molecule has 0 aromatic heterocycles. The highest BCUT2D eigenvalue weighted by atomic mass is 19.4. The smallest absolute Gasteiger partial charge is 0.412 e. The molecule has 2 N–H and O–H groups in total. The molecule has 1 aliphatic heterocycles. The zero-order chi connectivity index (χ0) is 31.7. The lowest BCUT2D eigenvalue weighted by Crippen LogP contribution is -2.34. The number of allylic oxidation sites excluding steroid dienone is 4. The molecule has 2 atom stereocenters. The van der Waals surface area contributed by atoms with E-state index in [-0.39, 0.29) is 19.3 Å². The number of fused-ring (bicyclic) bond motifs is 1. The van der Waals surface area contributed by atoms with Gasteiger partial charge in [0, 0.05) is 36.6 Å². The lowest BCUT2D eigenvalue weighted by molar-refractivity contribution is -0.138. The molecular weight excluding hydrogens is 569 g/mol. The number of nitrogens with zero attached hydrogens (tertiary/aromatic N) is 1. The Kier molecular flexibility index (Phi) is 10.6. The minimum Gasteiger partial charge on any atom is -0.490 e. The van der Waals surface area contributed by atoms with Gasteiger partial charge in [-0.3, -0.25) is 9.59 Å². The SMILES string of the molecule is C#CCC/C(=C\C[C@H](C)NC(=O)c1ccc2c(c1)OCCN2Cc1ccc(/C2=C/C=C\CC#CC2C(=O)O)cc1)C(F)(F)F. The molecule has 0 bridgehead atoms. The van der Waals surface area contributed by atoms with Gasteiger partial charge in [-0.25, -0.2) is 0 Å². The molecule has 1 aliphatic carbocycles. The molecule has 4 rings (SSSR count). The molecule has 6 nitrogen and oxygen atoms in total. The summed E-state index contributed by atoms with van der Waals surface area (Å²) in [7, 11) is 0. The average molecular weight is 603 g/mol. The lowest BCUT2D eigenvalue weighted by atomic mass is 9.91. The molecule has 0 radical (unpaired) electrons. The molecule has 2 aromatic rings. The molecule has 228 valence electrons. The number of halogens is 3. The first-order chi connectivity index (χ1) is 21.1. The number of hydrogen-bond donors (Lipinski definition) is 2. The zero-order valence-corrected chi connectivity index (χ0v) is 24.3. The van der Waals surface area contributed by atoms with Crippen molar-refractivity contribution in [2.75, 3.05) is 18.1 Å². The van der Waals surface area contributed by atoms with Crippen molar-refractivity contribution in [2.24, 2.45) is 5.92 Å². The Hall–Kier alpha value is -4.89. The lowest BCUT2D eigenvalue weighted by Gasteiger charge is -2.31. The van der Waals surface area contributed by atoms with Crippen LogP contribution in [-0.2, 0) is 11.3 Å². The van der Waals surface area contributed by atoms with Gasteiger partial charge < -0.3 is 20.1 Å². The molecule has 0 fully saturated rings. The van der Waals surface area contributed by atoms with Crippen molar-refractivity contribution >= 4 is 23.1 Å². The van der Waals surface area contributed by atoms with Crippen LogP contribution in [0.4, 0.5) is 18.9 Å². The van der Waals surface area contributed by atoms with Crippen molar-refractivity contribution in [3.63, 3.8) is 0 Å². The van der Waals surface area contributed by atoms with Gasteiger partial charge in [0.2, 0.25) is 0 Å². The Morgan fingerprint density at radius 3 is 2.73 bits per heavy atom. The third kappa shape index (κ3) is 8.35. The Labute approximate surface area is 255 Å². The van der Waals surface area contributed by atoms with Crippen LogP contribution in [0, 0.1) is 30.1 Å². The second-order valence-electron chi connectivity index (χ2n) is 10.5. The summed E-state index contributed by atoms with van der Waals surface area (Å²) in [6.07, 6.45) is 7.50. The van der Waals surface area contributed by atoms with E-state index < -0.39 is 35.6 Å². The molecule has 0 saturated heterocycles. The number of terminal acetylenes is 1. The number of carboxylic acid groups (broad SMARTS) is 1. The summed E-state index contributed by atoms with van der Waals surface area (Å²) in [6.45, 7) is 3.24. The fourth-order valence-corrected chi connectivity index (χ4v) is 4.95. The number of carbonyl (C=O) groups is 2. The standard InChI is InChI=1S/C35H33F3N2O4/c1-3-4-9-28(35(36,37)38)18-12-24(2)39-33(41)27-17-19-31-32(22-27)44-21-20-40(31)23-25-13-15-26(16-14-25)29-10-7-5-6-8-11-30(29)34(42)43/h1,5,7,10,13-19,22,24,30H,4,6,9,12,20-21,23H2,2H3,(H,39,41)(H,42,43)/b7-5-,28-18+,29-10-/t24-,30?/m0/s1. The van der Waals surface area contributed by atoms with Gasteiger partial charge in [-0.1, -0.05) is 60.4 Å². The number of benzene rings is 2.